The van der Waals surface area contributed by atoms with Gasteiger partial charge >= 0.3 is 5.97 Å². The molecule has 3 aliphatic rings. The average molecular weight is 369 g/mol. The highest BCUT2D eigenvalue weighted by Gasteiger charge is 2.43. The Morgan fingerprint density at radius 3 is 2.52 bits per heavy atom. The highest BCUT2D eigenvalue weighted by atomic mass is 16.5. The van der Waals surface area contributed by atoms with Crippen LogP contribution in [0.4, 0.5) is 5.69 Å². The number of ketones is 1. The Labute approximate surface area is 160 Å². The second-order valence-corrected chi connectivity index (χ2v) is 8.36. The number of nitrogens with zero attached hydrogens (tertiary/aromatic N) is 1. The van der Waals surface area contributed by atoms with Gasteiger partial charge in [-0.25, -0.2) is 0 Å². The average Bonchev–Trinajstić information content (AvgIpc) is 2.96. The quantitative estimate of drug-likeness (QED) is 0.767. The molecule has 1 aromatic carbocycles. The molecule has 144 valence electrons. The van der Waals surface area contributed by atoms with Crippen molar-refractivity contribution in [2.24, 2.45) is 17.8 Å². The maximum Gasteiger partial charge on any atom is 0.309 e. The monoisotopic (exact) mass is 369 g/mol. The summed E-state index contributed by atoms with van der Waals surface area (Å²) in [6.07, 6.45) is 4.01. The number of para-hydroxylation sites is 1. The van der Waals surface area contributed by atoms with E-state index in [1.54, 1.807) is 11.8 Å². The maximum absolute atomic E-state index is 13.0. The molecule has 2 saturated carbocycles. The van der Waals surface area contributed by atoms with Gasteiger partial charge in [0.25, 0.3) is 5.91 Å². The largest absolute Gasteiger partial charge is 0.452 e. The lowest BCUT2D eigenvalue weighted by Gasteiger charge is -2.37. The number of hydrogen-bond donors (Lipinski definition) is 0. The summed E-state index contributed by atoms with van der Waals surface area (Å²) in [5.41, 5.74) is 2.06. The van der Waals surface area contributed by atoms with E-state index in [1.165, 1.54) is 0 Å². The minimum atomic E-state index is -0.816. The number of carbonyl (C=O) groups is 3. The summed E-state index contributed by atoms with van der Waals surface area (Å²) >= 11 is 0. The molecule has 2 aliphatic carbocycles. The summed E-state index contributed by atoms with van der Waals surface area (Å²) in [5, 5.41) is 0. The third-order valence-corrected chi connectivity index (χ3v) is 6.47. The molecule has 2 bridgehead atoms. The molecule has 0 N–H and O–H groups in total. The second-order valence-electron chi connectivity index (χ2n) is 8.36. The fourth-order valence-electron chi connectivity index (χ4n) is 5.09. The summed E-state index contributed by atoms with van der Waals surface area (Å²) < 4.78 is 5.59. The van der Waals surface area contributed by atoms with Gasteiger partial charge in [0.15, 0.2) is 6.10 Å². The van der Waals surface area contributed by atoms with Crippen LogP contribution in [0.25, 0.3) is 0 Å². The standard InChI is InChI=1S/C22H27NO4/c1-13-10-15-6-3-4-9-19(15)23(13)21(25)14(2)27-22(26)18-11-16-7-5-8-17(12-18)20(16)24/h3-4,6,9,13-14,16-18H,5,7-8,10-12H2,1-2H3/t13-,14-,16-,17+,18?/m0/s1. The van der Waals surface area contributed by atoms with Gasteiger partial charge < -0.3 is 9.64 Å². The van der Waals surface area contributed by atoms with E-state index in [2.05, 4.69) is 0 Å². The number of esters is 1. The zero-order chi connectivity index (χ0) is 19.1. The molecule has 0 radical (unpaired) electrons. The topological polar surface area (TPSA) is 63.7 Å². The summed E-state index contributed by atoms with van der Waals surface area (Å²) in [7, 11) is 0. The molecule has 27 heavy (non-hydrogen) atoms. The fourth-order valence-corrected chi connectivity index (χ4v) is 5.09. The van der Waals surface area contributed by atoms with Crippen molar-refractivity contribution < 1.29 is 19.1 Å². The Morgan fingerprint density at radius 1 is 1.15 bits per heavy atom. The first kappa shape index (κ1) is 18.2. The van der Waals surface area contributed by atoms with Crippen molar-refractivity contribution in [2.45, 2.75) is 64.5 Å². The Kier molecular flexibility index (Phi) is 4.79. The first-order valence-corrected chi connectivity index (χ1v) is 10.1. The predicted molar refractivity (Wildman–Crippen MR) is 101 cm³/mol. The van der Waals surface area contributed by atoms with Crippen LogP contribution >= 0.6 is 0 Å². The molecule has 1 heterocycles. The van der Waals surface area contributed by atoms with Crippen molar-refractivity contribution in [1.82, 2.24) is 0 Å². The Balaban J connectivity index is 1.42. The van der Waals surface area contributed by atoms with Crippen molar-refractivity contribution in [3.8, 4) is 0 Å². The molecule has 1 aromatic rings. The van der Waals surface area contributed by atoms with Gasteiger partial charge in [-0.2, -0.15) is 0 Å². The summed E-state index contributed by atoms with van der Waals surface area (Å²) in [6, 6.07) is 7.94. The van der Waals surface area contributed by atoms with Crippen molar-refractivity contribution >= 4 is 23.3 Å². The van der Waals surface area contributed by atoms with E-state index < -0.39 is 6.10 Å². The number of Topliss-reactive ketones (excluding diaryl/α,β-unsaturated/α-hetero) is 1. The van der Waals surface area contributed by atoms with E-state index in [0.717, 1.165) is 36.9 Å². The molecule has 1 amide bonds. The number of benzene rings is 1. The lowest BCUT2D eigenvalue weighted by atomic mass is 9.67. The molecule has 5 atom stereocenters. The third kappa shape index (κ3) is 3.28. The number of carbonyl (C=O) groups excluding carboxylic acids is 3. The minimum absolute atomic E-state index is 0.00605. The van der Waals surface area contributed by atoms with Gasteiger partial charge in [-0.05, 0) is 57.6 Å². The van der Waals surface area contributed by atoms with Crippen molar-refractivity contribution in [1.29, 1.82) is 0 Å². The molecule has 0 saturated heterocycles. The summed E-state index contributed by atoms with van der Waals surface area (Å²) in [6.45, 7) is 3.67. The number of ether oxygens (including phenoxy) is 1. The SMILES string of the molecule is C[C@H](OC(=O)C1C[C@H]2CCC[C@@H](C1)C2=O)C(=O)N1c2ccccc2C[C@@H]1C. The third-order valence-electron chi connectivity index (χ3n) is 6.47. The van der Waals surface area contributed by atoms with Crippen LogP contribution < -0.4 is 4.90 Å². The van der Waals surface area contributed by atoms with Crippen LogP contribution in [0.3, 0.4) is 0 Å². The molecule has 5 heteroatoms. The van der Waals surface area contributed by atoms with Gasteiger partial charge in [-0.1, -0.05) is 24.6 Å². The van der Waals surface area contributed by atoms with Crippen LogP contribution in [0.5, 0.6) is 0 Å². The molecule has 1 unspecified atom stereocenters. The molecule has 5 nitrogen and oxygen atoms in total. The summed E-state index contributed by atoms with van der Waals surface area (Å²) in [4.78, 5) is 39.6. The van der Waals surface area contributed by atoms with Crippen LogP contribution in [0.15, 0.2) is 24.3 Å². The van der Waals surface area contributed by atoms with Gasteiger partial charge in [-0.3, -0.25) is 14.4 Å². The number of anilines is 1. The van der Waals surface area contributed by atoms with Crippen LogP contribution in [-0.2, 0) is 25.5 Å². The van der Waals surface area contributed by atoms with Crippen molar-refractivity contribution in [3.05, 3.63) is 29.8 Å². The normalized spacial score (nSPS) is 30.6. The number of amides is 1. The fraction of sp³-hybridized carbons (Fsp3) is 0.591. The van der Waals surface area contributed by atoms with E-state index in [0.29, 0.717) is 18.6 Å². The van der Waals surface area contributed by atoms with Crippen LogP contribution in [-0.4, -0.2) is 29.8 Å². The lowest BCUT2D eigenvalue weighted by Crippen LogP contribution is -2.45. The van der Waals surface area contributed by atoms with Crippen LogP contribution in [0, 0.1) is 17.8 Å². The molecular weight excluding hydrogens is 342 g/mol. The zero-order valence-electron chi connectivity index (χ0n) is 16.0. The van der Waals surface area contributed by atoms with Gasteiger partial charge in [-0.15, -0.1) is 0 Å². The number of rotatable bonds is 3. The molecule has 4 rings (SSSR count). The summed E-state index contributed by atoms with van der Waals surface area (Å²) in [5.74, 6) is -0.403. The first-order valence-electron chi connectivity index (χ1n) is 10.1. The van der Waals surface area contributed by atoms with E-state index >= 15 is 0 Å². The maximum atomic E-state index is 13.0. The molecular formula is C22H27NO4. The molecule has 0 aromatic heterocycles. The second kappa shape index (κ2) is 7.10. The lowest BCUT2D eigenvalue weighted by molar-refractivity contribution is -0.161. The Bertz CT molecular complexity index is 757. The van der Waals surface area contributed by atoms with Crippen LogP contribution in [0.1, 0.15) is 51.5 Å². The van der Waals surface area contributed by atoms with Gasteiger partial charge in [0, 0.05) is 23.6 Å². The van der Waals surface area contributed by atoms with Crippen molar-refractivity contribution in [3.63, 3.8) is 0 Å². The number of hydrogen-bond acceptors (Lipinski definition) is 4. The molecule has 2 fully saturated rings. The zero-order valence-corrected chi connectivity index (χ0v) is 16.0. The highest BCUT2D eigenvalue weighted by Crippen LogP contribution is 2.40. The van der Waals surface area contributed by atoms with E-state index in [1.807, 2.05) is 31.2 Å². The van der Waals surface area contributed by atoms with E-state index in [4.69, 9.17) is 4.74 Å². The van der Waals surface area contributed by atoms with E-state index in [-0.39, 0.29) is 35.7 Å². The minimum Gasteiger partial charge on any atom is -0.452 e. The number of fused-ring (bicyclic) bond motifs is 3. The Hall–Kier alpha value is -2.17. The van der Waals surface area contributed by atoms with Crippen LogP contribution in [0.2, 0.25) is 0 Å². The van der Waals surface area contributed by atoms with Crippen molar-refractivity contribution in [2.75, 3.05) is 4.90 Å². The molecule has 1 aliphatic heterocycles. The van der Waals surface area contributed by atoms with Gasteiger partial charge in [0.1, 0.15) is 5.78 Å². The Morgan fingerprint density at radius 2 is 1.81 bits per heavy atom. The highest BCUT2D eigenvalue weighted by molar-refractivity contribution is 5.99. The predicted octanol–water partition coefficient (Wildman–Crippen LogP) is 3.29. The molecule has 0 spiro atoms. The van der Waals surface area contributed by atoms with Gasteiger partial charge in [0.2, 0.25) is 0 Å². The van der Waals surface area contributed by atoms with Gasteiger partial charge in [0.05, 0.1) is 5.92 Å². The smallest absolute Gasteiger partial charge is 0.309 e. The van der Waals surface area contributed by atoms with E-state index in [9.17, 15) is 14.4 Å². The first-order chi connectivity index (χ1) is 13.0.